The van der Waals surface area contributed by atoms with Gasteiger partial charge in [0, 0.05) is 10.5 Å². The van der Waals surface area contributed by atoms with E-state index in [2.05, 4.69) is 34.1 Å². The molecule has 1 aromatic rings. The standard InChI is InChI=1S/C12H16BrNO/c13-11-3-1-2-9(6-11)4-5-10-7-15-8-12(10)14/h1-3,6,10,12H,4-5,7-8,14H2. The van der Waals surface area contributed by atoms with E-state index in [1.54, 1.807) is 0 Å². The van der Waals surface area contributed by atoms with Gasteiger partial charge in [0.25, 0.3) is 0 Å². The maximum Gasteiger partial charge on any atom is 0.0621 e. The van der Waals surface area contributed by atoms with Crippen molar-refractivity contribution in [3.63, 3.8) is 0 Å². The van der Waals surface area contributed by atoms with E-state index >= 15 is 0 Å². The van der Waals surface area contributed by atoms with Gasteiger partial charge in [0.05, 0.1) is 13.2 Å². The highest BCUT2D eigenvalue weighted by molar-refractivity contribution is 9.10. The zero-order valence-electron chi connectivity index (χ0n) is 8.66. The molecular weight excluding hydrogens is 254 g/mol. The van der Waals surface area contributed by atoms with E-state index in [4.69, 9.17) is 10.5 Å². The van der Waals surface area contributed by atoms with Crippen molar-refractivity contribution in [2.75, 3.05) is 13.2 Å². The highest BCUT2D eigenvalue weighted by Crippen LogP contribution is 2.20. The van der Waals surface area contributed by atoms with Crippen molar-refractivity contribution in [3.05, 3.63) is 34.3 Å². The van der Waals surface area contributed by atoms with E-state index in [1.807, 2.05) is 6.07 Å². The molecule has 2 unspecified atom stereocenters. The summed E-state index contributed by atoms with van der Waals surface area (Å²) in [5.74, 6) is 0.531. The van der Waals surface area contributed by atoms with Crippen molar-refractivity contribution in [1.29, 1.82) is 0 Å². The number of rotatable bonds is 3. The Kier molecular flexibility index (Phi) is 3.78. The Morgan fingerprint density at radius 2 is 2.27 bits per heavy atom. The first-order chi connectivity index (χ1) is 7.25. The molecule has 0 radical (unpaired) electrons. The summed E-state index contributed by atoms with van der Waals surface area (Å²) in [7, 11) is 0. The molecule has 2 rings (SSSR count). The highest BCUT2D eigenvalue weighted by atomic mass is 79.9. The first kappa shape index (κ1) is 11.1. The van der Waals surface area contributed by atoms with Crippen molar-refractivity contribution in [1.82, 2.24) is 0 Å². The monoisotopic (exact) mass is 269 g/mol. The van der Waals surface area contributed by atoms with Crippen LogP contribution in [-0.4, -0.2) is 19.3 Å². The number of aryl methyl sites for hydroxylation is 1. The van der Waals surface area contributed by atoms with E-state index in [-0.39, 0.29) is 6.04 Å². The first-order valence-electron chi connectivity index (χ1n) is 5.33. The number of benzene rings is 1. The number of hydrogen-bond donors (Lipinski definition) is 1. The van der Waals surface area contributed by atoms with Gasteiger partial charge >= 0.3 is 0 Å². The smallest absolute Gasteiger partial charge is 0.0621 e. The molecule has 2 atom stereocenters. The molecule has 0 saturated carbocycles. The molecular formula is C12H16BrNO. The Labute approximate surface area is 98.9 Å². The van der Waals surface area contributed by atoms with Crippen molar-refractivity contribution in [3.8, 4) is 0 Å². The Morgan fingerprint density at radius 1 is 1.40 bits per heavy atom. The van der Waals surface area contributed by atoms with Crippen LogP contribution < -0.4 is 5.73 Å². The predicted molar refractivity (Wildman–Crippen MR) is 64.7 cm³/mol. The molecule has 0 aromatic heterocycles. The molecule has 15 heavy (non-hydrogen) atoms. The van der Waals surface area contributed by atoms with Gasteiger partial charge in [-0.05, 0) is 36.5 Å². The lowest BCUT2D eigenvalue weighted by Gasteiger charge is -2.12. The normalized spacial score (nSPS) is 25.7. The van der Waals surface area contributed by atoms with E-state index in [9.17, 15) is 0 Å². The van der Waals surface area contributed by atoms with Gasteiger partial charge in [0.2, 0.25) is 0 Å². The van der Waals surface area contributed by atoms with Gasteiger partial charge in [-0.25, -0.2) is 0 Å². The maximum atomic E-state index is 5.94. The van der Waals surface area contributed by atoms with Crippen molar-refractivity contribution < 1.29 is 4.74 Å². The van der Waals surface area contributed by atoms with Crippen molar-refractivity contribution in [2.24, 2.45) is 11.7 Å². The minimum Gasteiger partial charge on any atom is -0.379 e. The maximum absolute atomic E-state index is 5.94. The van der Waals surface area contributed by atoms with Gasteiger partial charge < -0.3 is 10.5 Å². The highest BCUT2D eigenvalue weighted by Gasteiger charge is 2.24. The summed E-state index contributed by atoms with van der Waals surface area (Å²) < 4.78 is 6.49. The Balaban J connectivity index is 1.87. The molecule has 1 fully saturated rings. The largest absolute Gasteiger partial charge is 0.379 e. The van der Waals surface area contributed by atoms with Crippen LogP contribution in [0.5, 0.6) is 0 Å². The van der Waals surface area contributed by atoms with E-state index in [1.165, 1.54) is 5.56 Å². The van der Waals surface area contributed by atoms with E-state index < -0.39 is 0 Å². The number of hydrogen-bond acceptors (Lipinski definition) is 2. The van der Waals surface area contributed by atoms with Crippen LogP contribution in [0.25, 0.3) is 0 Å². The molecule has 0 bridgehead atoms. The summed E-state index contributed by atoms with van der Waals surface area (Å²) in [6, 6.07) is 8.68. The van der Waals surface area contributed by atoms with Crippen LogP contribution in [0.4, 0.5) is 0 Å². The minimum absolute atomic E-state index is 0.233. The molecule has 1 heterocycles. The van der Waals surface area contributed by atoms with Gasteiger partial charge in [0.15, 0.2) is 0 Å². The van der Waals surface area contributed by atoms with Crippen LogP contribution in [0.3, 0.4) is 0 Å². The van der Waals surface area contributed by atoms with Crippen molar-refractivity contribution in [2.45, 2.75) is 18.9 Å². The quantitative estimate of drug-likeness (QED) is 0.915. The molecule has 2 N–H and O–H groups in total. The third kappa shape index (κ3) is 3.03. The predicted octanol–water partition coefficient (Wildman–Crippen LogP) is 2.36. The SMILES string of the molecule is NC1COCC1CCc1cccc(Br)c1. The molecule has 0 amide bonds. The molecule has 1 aliphatic rings. The summed E-state index contributed by atoms with van der Waals surface area (Å²) in [5, 5.41) is 0. The number of nitrogens with two attached hydrogens (primary N) is 1. The molecule has 2 nitrogen and oxygen atoms in total. The molecule has 1 aliphatic heterocycles. The Morgan fingerprint density at radius 3 is 2.93 bits per heavy atom. The minimum atomic E-state index is 0.233. The average molecular weight is 270 g/mol. The molecule has 82 valence electrons. The third-order valence-corrected chi connectivity index (χ3v) is 3.43. The van der Waals surface area contributed by atoms with Gasteiger partial charge in [-0.2, -0.15) is 0 Å². The lowest BCUT2D eigenvalue weighted by molar-refractivity contribution is 0.183. The van der Waals surface area contributed by atoms with E-state index in [0.29, 0.717) is 5.92 Å². The first-order valence-corrected chi connectivity index (χ1v) is 6.13. The van der Waals surface area contributed by atoms with E-state index in [0.717, 1.165) is 30.5 Å². The van der Waals surface area contributed by atoms with Gasteiger partial charge in [-0.1, -0.05) is 28.1 Å². The summed E-state index contributed by atoms with van der Waals surface area (Å²) >= 11 is 3.48. The summed E-state index contributed by atoms with van der Waals surface area (Å²) in [6.45, 7) is 1.55. The number of halogens is 1. The molecule has 0 spiro atoms. The zero-order chi connectivity index (χ0) is 10.7. The van der Waals surface area contributed by atoms with Crippen LogP contribution in [0, 0.1) is 5.92 Å². The van der Waals surface area contributed by atoms with Crippen LogP contribution in [-0.2, 0) is 11.2 Å². The second-order valence-corrected chi connectivity index (χ2v) is 5.05. The van der Waals surface area contributed by atoms with Crippen LogP contribution >= 0.6 is 15.9 Å². The van der Waals surface area contributed by atoms with Gasteiger partial charge in [0.1, 0.15) is 0 Å². The second kappa shape index (κ2) is 5.10. The summed E-state index contributed by atoms with van der Waals surface area (Å²) in [6.07, 6.45) is 2.21. The van der Waals surface area contributed by atoms with Crippen molar-refractivity contribution >= 4 is 15.9 Å². The summed E-state index contributed by atoms with van der Waals surface area (Å²) in [4.78, 5) is 0. The van der Waals surface area contributed by atoms with Gasteiger partial charge in [-0.3, -0.25) is 0 Å². The fraction of sp³-hybridized carbons (Fsp3) is 0.500. The summed E-state index contributed by atoms with van der Waals surface area (Å²) in [5.41, 5.74) is 7.30. The zero-order valence-corrected chi connectivity index (χ0v) is 10.2. The molecule has 0 aliphatic carbocycles. The lowest BCUT2D eigenvalue weighted by Crippen LogP contribution is -2.28. The fourth-order valence-electron chi connectivity index (χ4n) is 1.96. The van der Waals surface area contributed by atoms with Crippen LogP contribution in [0.15, 0.2) is 28.7 Å². The number of ether oxygens (including phenoxy) is 1. The third-order valence-electron chi connectivity index (χ3n) is 2.94. The Bertz CT molecular complexity index is 329. The molecule has 1 aromatic carbocycles. The molecule has 3 heteroatoms. The topological polar surface area (TPSA) is 35.2 Å². The fourth-order valence-corrected chi connectivity index (χ4v) is 2.40. The lowest BCUT2D eigenvalue weighted by atomic mass is 9.96. The van der Waals surface area contributed by atoms with Crippen LogP contribution in [0.2, 0.25) is 0 Å². The van der Waals surface area contributed by atoms with Gasteiger partial charge in [-0.15, -0.1) is 0 Å². The Hall–Kier alpha value is -0.380. The average Bonchev–Trinajstić information content (AvgIpc) is 2.61. The second-order valence-electron chi connectivity index (χ2n) is 4.13. The van der Waals surface area contributed by atoms with Crippen LogP contribution in [0.1, 0.15) is 12.0 Å². The molecule has 1 saturated heterocycles.